The van der Waals surface area contributed by atoms with E-state index in [0.29, 0.717) is 13.0 Å². The van der Waals surface area contributed by atoms with Gasteiger partial charge in [0.25, 0.3) is 0 Å². The minimum absolute atomic E-state index is 0.192. The molecule has 0 saturated heterocycles. The van der Waals surface area contributed by atoms with Gasteiger partial charge in [0.1, 0.15) is 6.10 Å². The van der Waals surface area contributed by atoms with Crippen molar-refractivity contribution >= 4 is 5.97 Å². The summed E-state index contributed by atoms with van der Waals surface area (Å²) in [5.74, 6) is -0.221. The fraction of sp³-hybridized carbons (Fsp3) is 0.681. The maximum atomic E-state index is 12.2. The Labute approximate surface area is 316 Å². The molecule has 51 heavy (non-hydrogen) atoms. The highest BCUT2D eigenvalue weighted by Crippen LogP contribution is 2.12. The number of carbonyl (C=O) groups is 1. The van der Waals surface area contributed by atoms with E-state index < -0.39 is 6.10 Å². The number of aliphatic hydroxyl groups is 1. The number of ether oxygens (including phenoxy) is 2. The molecular weight excluding hydrogens is 629 g/mol. The van der Waals surface area contributed by atoms with Gasteiger partial charge >= 0.3 is 5.97 Å². The van der Waals surface area contributed by atoms with Crippen molar-refractivity contribution in [3.63, 3.8) is 0 Å². The van der Waals surface area contributed by atoms with Crippen LogP contribution in [-0.2, 0) is 14.3 Å². The molecule has 0 amide bonds. The van der Waals surface area contributed by atoms with Crippen LogP contribution >= 0.6 is 0 Å². The lowest BCUT2D eigenvalue weighted by Crippen LogP contribution is -2.27. The van der Waals surface area contributed by atoms with Crippen LogP contribution in [0.25, 0.3) is 0 Å². The van der Waals surface area contributed by atoms with E-state index in [4.69, 9.17) is 9.47 Å². The maximum absolute atomic E-state index is 12.2. The lowest BCUT2D eigenvalue weighted by molar-refractivity contribution is -0.154. The molecule has 0 aliphatic heterocycles. The molecule has 0 radical (unpaired) electrons. The van der Waals surface area contributed by atoms with Gasteiger partial charge in [-0.1, -0.05) is 170 Å². The summed E-state index contributed by atoms with van der Waals surface area (Å²) < 4.78 is 11.1. The number of hydrogen-bond donors (Lipinski definition) is 1. The second kappa shape index (κ2) is 43.7. The molecule has 0 spiro atoms. The molecule has 1 atom stereocenters. The molecule has 4 nitrogen and oxygen atoms in total. The molecule has 292 valence electrons. The first-order valence-corrected chi connectivity index (χ1v) is 21.2. The largest absolute Gasteiger partial charge is 0.457 e. The lowest BCUT2D eigenvalue weighted by Gasteiger charge is -2.15. The molecule has 4 heteroatoms. The zero-order valence-electron chi connectivity index (χ0n) is 33.3. The van der Waals surface area contributed by atoms with Crippen molar-refractivity contribution in [2.75, 3.05) is 19.8 Å². The fourth-order valence-corrected chi connectivity index (χ4v) is 5.56. The van der Waals surface area contributed by atoms with Gasteiger partial charge in [-0.15, -0.1) is 0 Å². The van der Waals surface area contributed by atoms with E-state index >= 15 is 0 Å². The van der Waals surface area contributed by atoms with Gasteiger partial charge in [-0.2, -0.15) is 0 Å². The van der Waals surface area contributed by atoms with Crippen LogP contribution in [0.2, 0.25) is 0 Å². The van der Waals surface area contributed by atoms with E-state index in [0.717, 1.165) is 77.0 Å². The highest BCUT2D eigenvalue weighted by atomic mass is 16.6. The third-order valence-corrected chi connectivity index (χ3v) is 8.70. The monoisotopic (exact) mass is 709 g/mol. The third-order valence-electron chi connectivity index (χ3n) is 8.70. The molecule has 0 bridgehead atoms. The van der Waals surface area contributed by atoms with E-state index in [1.54, 1.807) is 0 Å². The molecule has 0 aliphatic rings. The van der Waals surface area contributed by atoms with Crippen LogP contribution in [-0.4, -0.2) is 37.0 Å². The molecule has 1 unspecified atom stereocenters. The Morgan fingerprint density at radius 2 is 0.882 bits per heavy atom. The van der Waals surface area contributed by atoms with E-state index in [-0.39, 0.29) is 19.2 Å². The number of aliphatic hydroxyl groups excluding tert-OH is 1. The van der Waals surface area contributed by atoms with E-state index in [9.17, 15) is 9.90 Å². The van der Waals surface area contributed by atoms with E-state index in [2.05, 4.69) is 98.9 Å². The SMILES string of the molecule is CC/C=C\C/C=C\C/C=C\C/C=C\C/C=C\C/C=C\CCCCCOCC(CO)OC(=O)CCCCCCCCC/C=C\CCCCCCCC. The van der Waals surface area contributed by atoms with Crippen molar-refractivity contribution in [3.8, 4) is 0 Å². The summed E-state index contributed by atoms with van der Waals surface area (Å²) in [4.78, 5) is 12.2. The minimum Gasteiger partial charge on any atom is -0.457 e. The van der Waals surface area contributed by atoms with Gasteiger partial charge in [-0.05, 0) is 89.9 Å². The molecular formula is C47H80O4. The summed E-state index contributed by atoms with van der Waals surface area (Å²) in [5.41, 5.74) is 0. The van der Waals surface area contributed by atoms with E-state index in [1.165, 1.54) is 83.5 Å². The highest BCUT2D eigenvalue weighted by Gasteiger charge is 2.13. The molecule has 0 saturated carbocycles. The summed E-state index contributed by atoms with van der Waals surface area (Å²) in [6.07, 6.45) is 60.7. The summed E-state index contributed by atoms with van der Waals surface area (Å²) in [6.45, 7) is 5.14. The summed E-state index contributed by atoms with van der Waals surface area (Å²) >= 11 is 0. The van der Waals surface area contributed by atoms with Crippen molar-refractivity contribution in [2.24, 2.45) is 0 Å². The van der Waals surface area contributed by atoms with Gasteiger partial charge in [0.05, 0.1) is 13.2 Å². The van der Waals surface area contributed by atoms with E-state index in [1.807, 2.05) is 0 Å². The predicted octanol–water partition coefficient (Wildman–Crippen LogP) is 14.0. The molecule has 0 rings (SSSR count). The Balaban J connectivity index is 3.56. The van der Waals surface area contributed by atoms with Crippen LogP contribution in [0.15, 0.2) is 85.1 Å². The number of carbonyl (C=O) groups excluding carboxylic acids is 1. The van der Waals surface area contributed by atoms with Crippen molar-refractivity contribution < 1.29 is 19.4 Å². The van der Waals surface area contributed by atoms with Crippen LogP contribution in [0, 0.1) is 0 Å². The molecule has 0 aliphatic carbocycles. The van der Waals surface area contributed by atoms with Gasteiger partial charge in [0.2, 0.25) is 0 Å². The van der Waals surface area contributed by atoms with Gasteiger partial charge in [-0.3, -0.25) is 4.79 Å². The Morgan fingerprint density at radius 3 is 1.35 bits per heavy atom. The molecule has 0 fully saturated rings. The normalized spacial score (nSPS) is 13.2. The summed E-state index contributed by atoms with van der Waals surface area (Å²) in [7, 11) is 0. The van der Waals surface area contributed by atoms with Crippen molar-refractivity contribution in [3.05, 3.63) is 85.1 Å². The average Bonchev–Trinajstić information content (AvgIpc) is 3.14. The maximum Gasteiger partial charge on any atom is 0.306 e. The van der Waals surface area contributed by atoms with Gasteiger partial charge in [-0.25, -0.2) is 0 Å². The number of unbranched alkanes of at least 4 members (excludes halogenated alkanes) is 16. The van der Waals surface area contributed by atoms with Gasteiger partial charge in [0, 0.05) is 13.0 Å². The van der Waals surface area contributed by atoms with Crippen LogP contribution < -0.4 is 0 Å². The molecule has 0 aromatic rings. The molecule has 0 aromatic heterocycles. The summed E-state index contributed by atoms with van der Waals surface area (Å²) in [6, 6.07) is 0. The first-order chi connectivity index (χ1) is 25.2. The van der Waals surface area contributed by atoms with Gasteiger partial charge in [0.15, 0.2) is 0 Å². The van der Waals surface area contributed by atoms with Crippen LogP contribution in [0.5, 0.6) is 0 Å². The lowest BCUT2D eigenvalue weighted by atomic mass is 10.1. The Hall–Kier alpha value is -2.43. The van der Waals surface area contributed by atoms with Crippen LogP contribution in [0.1, 0.15) is 181 Å². The summed E-state index contributed by atoms with van der Waals surface area (Å²) in [5, 5.41) is 9.60. The van der Waals surface area contributed by atoms with Crippen molar-refractivity contribution in [2.45, 2.75) is 187 Å². The molecule has 1 N–H and O–H groups in total. The second-order valence-corrected chi connectivity index (χ2v) is 13.7. The van der Waals surface area contributed by atoms with Crippen LogP contribution in [0.4, 0.5) is 0 Å². The Bertz CT molecular complexity index is 923. The smallest absolute Gasteiger partial charge is 0.306 e. The topological polar surface area (TPSA) is 55.8 Å². The molecule has 0 aromatic carbocycles. The zero-order chi connectivity index (χ0) is 37.0. The van der Waals surface area contributed by atoms with Gasteiger partial charge < -0.3 is 14.6 Å². The number of rotatable bonds is 38. The zero-order valence-corrected chi connectivity index (χ0v) is 33.3. The highest BCUT2D eigenvalue weighted by molar-refractivity contribution is 5.69. The predicted molar refractivity (Wildman–Crippen MR) is 223 cm³/mol. The molecule has 0 heterocycles. The van der Waals surface area contributed by atoms with Crippen molar-refractivity contribution in [1.29, 1.82) is 0 Å². The Morgan fingerprint density at radius 1 is 0.490 bits per heavy atom. The number of esters is 1. The van der Waals surface area contributed by atoms with Crippen LogP contribution in [0.3, 0.4) is 0 Å². The number of allylic oxidation sites excluding steroid dienone is 14. The quantitative estimate of drug-likeness (QED) is 0.0394. The minimum atomic E-state index is -0.559. The second-order valence-electron chi connectivity index (χ2n) is 13.7. The third kappa shape index (κ3) is 41.9. The standard InChI is InChI=1S/C47H80O4/c1-3-5-7-9-11-13-15-17-19-21-22-23-24-25-27-29-31-33-35-37-39-41-43-50-45-46(44-48)51-47(49)42-40-38-36-34-32-30-28-26-20-18-16-14-12-10-8-6-4-2/h5,7,11,13,17-20,22-23,25,27,31,33,46,48H,3-4,6,8-10,12,14-16,21,24,26,28-30,32,34-45H2,1-2H3/b7-5-,13-11-,19-17-,20-18-,23-22-,27-25-,33-31-. The first-order valence-electron chi connectivity index (χ1n) is 21.2. The van der Waals surface area contributed by atoms with Crippen molar-refractivity contribution in [1.82, 2.24) is 0 Å². The Kier molecular flexibility index (Phi) is 41.6. The first kappa shape index (κ1) is 48.6. The average molecular weight is 709 g/mol. The number of hydrogen-bond acceptors (Lipinski definition) is 4. The fourth-order valence-electron chi connectivity index (χ4n) is 5.56.